The van der Waals surface area contributed by atoms with Crippen LogP contribution in [0.4, 0.5) is 0 Å². The van der Waals surface area contributed by atoms with Crippen LogP contribution in [0, 0.1) is 13.8 Å². The zero-order chi connectivity index (χ0) is 15.5. The molecule has 4 nitrogen and oxygen atoms in total. The monoisotopic (exact) mass is 295 g/mol. The van der Waals surface area contributed by atoms with Gasteiger partial charge in [0.15, 0.2) is 0 Å². The number of hydrogen-bond acceptors (Lipinski definition) is 3. The first-order valence-corrected chi connectivity index (χ1v) is 7.85. The molecule has 1 fully saturated rings. The van der Waals surface area contributed by atoms with E-state index in [0.29, 0.717) is 11.6 Å². The molecule has 0 saturated heterocycles. The molecular formula is C18H21N3O. The quantitative estimate of drug-likeness (QED) is 0.943. The van der Waals surface area contributed by atoms with E-state index in [2.05, 4.69) is 15.3 Å². The minimum atomic E-state index is 0.0190. The smallest absolute Gasteiger partial charge is 0.251 e. The van der Waals surface area contributed by atoms with Crippen LogP contribution in [0.3, 0.4) is 0 Å². The second kappa shape index (κ2) is 6.26. The number of carbonyl (C=O) groups is 1. The van der Waals surface area contributed by atoms with E-state index in [-0.39, 0.29) is 5.91 Å². The van der Waals surface area contributed by atoms with Gasteiger partial charge in [-0.2, -0.15) is 0 Å². The Labute approximate surface area is 131 Å². The van der Waals surface area contributed by atoms with E-state index in [1.54, 1.807) is 6.20 Å². The molecule has 3 rings (SSSR count). The van der Waals surface area contributed by atoms with Crippen molar-refractivity contribution in [2.75, 3.05) is 0 Å². The highest BCUT2D eigenvalue weighted by Crippen LogP contribution is 2.21. The lowest BCUT2D eigenvalue weighted by Gasteiger charge is -2.12. The van der Waals surface area contributed by atoms with Crippen LogP contribution in [0.5, 0.6) is 0 Å². The van der Waals surface area contributed by atoms with Gasteiger partial charge in [-0.25, -0.2) is 4.98 Å². The second-order valence-electron chi connectivity index (χ2n) is 5.98. The SMILES string of the molecule is Cc1cnc(C)c(-c2ccc(C(=O)NC3CCCC3)cc2)n1. The Morgan fingerprint density at radius 1 is 1.14 bits per heavy atom. The maximum Gasteiger partial charge on any atom is 0.251 e. The van der Waals surface area contributed by atoms with E-state index >= 15 is 0 Å². The van der Waals surface area contributed by atoms with Gasteiger partial charge in [0.2, 0.25) is 0 Å². The maximum absolute atomic E-state index is 12.2. The number of nitrogens with zero attached hydrogens (tertiary/aromatic N) is 2. The zero-order valence-electron chi connectivity index (χ0n) is 13.1. The minimum absolute atomic E-state index is 0.0190. The molecule has 0 spiro atoms. The van der Waals surface area contributed by atoms with Crippen molar-refractivity contribution in [3.05, 3.63) is 47.4 Å². The number of hydrogen-bond donors (Lipinski definition) is 1. The van der Waals surface area contributed by atoms with E-state index in [4.69, 9.17) is 0 Å². The summed E-state index contributed by atoms with van der Waals surface area (Å²) in [4.78, 5) is 21.1. The van der Waals surface area contributed by atoms with E-state index < -0.39 is 0 Å². The van der Waals surface area contributed by atoms with Crippen LogP contribution in [0.1, 0.15) is 47.4 Å². The third kappa shape index (κ3) is 3.16. The first-order chi connectivity index (χ1) is 10.6. The summed E-state index contributed by atoms with van der Waals surface area (Å²) < 4.78 is 0. The van der Waals surface area contributed by atoms with Gasteiger partial charge in [-0.1, -0.05) is 25.0 Å². The summed E-state index contributed by atoms with van der Waals surface area (Å²) in [5.41, 5.74) is 4.36. The predicted octanol–water partition coefficient (Wildman–Crippen LogP) is 3.43. The standard InChI is InChI=1S/C18H21N3O/c1-12-11-19-13(2)17(20-12)14-7-9-15(10-8-14)18(22)21-16-5-3-4-6-16/h7-11,16H,3-6H2,1-2H3,(H,21,22). The van der Waals surface area contributed by atoms with Crippen molar-refractivity contribution in [1.29, 1.82) is 0 Å². The fraction of sp³-hybridized carbons (Fsp3) is 0.389. The highest BCUT2D eigenvalue weighted by atomic mass is 16.1. The average molecular weight is 295 g/mol. The van der Waals surface area contributed by atoms with Gasteiger partial charge in [0.05, 0.1) is 17.1 Å². The summed E-state index contributed by atoms with van der Waals surface area (Å²) in [5.74, 6) is 0.0190. The molecule has 4 heteroatoms. The molecular weight excluding hydrogens is 274 g/mol. The molecule has 0 atom stereocenters. The Hall–Kier alpha value is -2.23. The lowest BCUT2D eigenvalue weighted by Crippen LogP contribution is -2.32. The summed E-state index contributed by atoms with van der Waals surface area (Å²) >= 11 is 0. The van der Waals surface area contributed by atoms with Gasteiger partial charge in [0.25, 0.3) is 5.91 Å². The Morgan fingerprint density at radius 2 is 1.82 bits per heavy atom. The molecule has 1 N–H and O–H groups in total. The number of aryl methyl sites for hydroxylation is 2. The van der Waals surface area contributed by atoms with Crippen molar-refractivity contribution in [3.8, 4) is 11.3 Å². The second-order valence-corrected chi connectivity index (χ2v) is 5.98. The van der Waals surface area contributed by atoms with E-state index in [9.17, 15) is 4.79 Å². The molecule has 1 heterocycles. The van der Waals surface area contributed by atoms with E-state index in [0.717, 1.165) is 35.5 Å². The Bertz CT molecular complexity index is 673. The molecule has 22 heavy (non-hydrogen) atoms. The van der Waals surface area contributed by atoms with Crippen LogP contribution in [-0.2, 0) is 0 Å². The third-order valence-electron chi connectivity index (χ3n) is 4.19. The van der Waals surface area contributed by atoms with Gasteiger partial charge in [-0.3, -0.25) is 9.78 Å². The fourth-order valence-corrected chi connectivity index (χ4v) is 2.93. The number of carbonyl (C=O) groups excluding carboxylic acids is 1. The molecule has 0 bridgehead atoms. The van der Waals surface area contributed by atoms with Crippen LogP contribution in [0.25, 0.3) is 11.3 Å². The van der Waals surface area contributed by atoms with Crippen LogP contribution in [0.2, 0.25) is 0 Å². The van der Waals surface area contributed by atoms with Crippen LogP contribution in [-0.4, -0.2) is 21.9 Å². The molecule has 0 unspecified atom stereocenters. The van der Waals surface area contributed by atoms with Crippen LogP contribution >= 0.6 is 0 Å². The van der Waals surface area contributed by atoms with E-state index in [1.165, 1.54) is 12.8 Å². The predicted molar refractivity (Wildman–Crippen MR) is 86.7 cm³/mol. The lowest BCUT2D eigenvalue weighted by molar-refractivity contribution is 0.0938. The number of aromatic nitrogens is 2. The molecule has 1 aliphatic rings. The van der Waals surface area contributed by atoms with Crippen LogP contribution in [0.15, 0.2) is 30.5 Å². The largest absolute Gasteiger partial charge is 0.349 e. The summed E-state index contributed by atoms with van der Waals surface area (Å²) in [6.45, 7) is 3.88. The molecule has 0 aliphatic heterocycles. The molecule has 1 amide bonds. The first-order valence-electron chi connectivity index (χ1n) is 7.85. The highest BCUT2D eigenvalue weighted by Gasteiger charge is 2.18. The van der Waals surface area contributed by atoms with E-state index in [1.807, 2.05) is 38.1 Å². The molecule has 114 valence electrons. The van der Waals surface area contributed by atoms with Crippen LogP contribution < -0.4 is 5.32 Å². The molecule has 0 radical (unpaired) electrons. The minimum Gasteiger partial charge on any atom is -0.349 e. The molecule has 1 aromatic carbocycles. The summed E-state index contributed by atoms with van der Waals surface area (Å²) in [7, 11) is 0. The zero-order valence-corrected chi connectivity index (χ0v) is 13.1. The highest BCUT2D eigenvalue weighted by molar-refractivity contribution is 5.94. The van der Waals surface area contributed by atoms with Crippen molar-refractivity contribution < 1.29 is 4.79 Å². The summed E-state index contributed by atoms with van der Waals surface area (Å²) in [6.07, 6.45) is 6.40. The molecule has 1 aromatic heterocycles. The van der Waals surface area contributed by atoms with Gasteiger partial charge in [0, 0.05) is 23.4 Å². The number of benzene rings is 1. The van der Waals surface area contributed by atoms with Crippen molar-refractivity contribution in [2.24, 2.45) is 0 Å². The lowest BCUT2D eigenvalue weighted by atomic mass is 10.1. The molecule has 2 aromatic rings. The summed E-state index contributed by atoms with van der Waals surface area (Å²) in [6, 6.07) is 7.96. The topological polar surface area (TPSA) is 54.9 Å². The van der Waals surface area contributed by atoms with Crippen molar-refractivity contribution in [2.45, 2.75) is 45.6 Å². The van der Waals surface area contributed by atoms with Gasteiger partial charge >= 0.3 is 0 Å². The van der Waals surface area contributed by atoms with Crippen molar-refractivity contribution >= 4 is 5.91 Å². The fourth-order valence-electron chi connectivity index (χ4n) is 2.93. The maximum atomic E-state index is 12.2. The number of amides is 1. The number of rotatable bonds is 3. The Morgan fingerprint density at radius 3 is 2.50 bits per heavy atom. The normalized spacial score (nSPS) is 15.0. The van der Waals surface area contributed by atoms with Gasteiger partial charge in [0.1, 0.15) is 0 Å². The Balaban J connectivity index is 1.77. The van der Waals surface area contributed by atoms with Gasteiger partial charge < -0.3 is 5.32 Å². The van der Waals surface area contributed by atoms with Gasteiger partial charge in [-0.15, -0.1) is 0 Å². The van der Waals surface area contributed by atoms with Gasteiger partial charge in [-0.05, 0) is 38.8 Å². The Kier molecular flexibility index (Phi) is 4.18. The first kappa shape index (κ1) is 14.7. The van der Waals surface area contributed by atoms with Crippen molar-refractivity contribution in [1.82, 2.24) is 15.3 Å². The number of nitrogens with one attached hydrogen (secondary N) is 1. The third-order valence-corrected chi connectivity index (χ3v) is 4.19. The average Bonchev–Trinajstić information content (AvgIpc) is 3.03. The molecule has 1 aliphatic carbocycles. The van der Waals surface area contributed by atoms with Crippen molar-refractivity contribution in [3.63, 3.8) is 0 Å². The molecule has 1 saturated carbocycles. The summed E-state index contributed by atoms with van der Waals surface area (Å²) in [5, 5.41) is 3.11.